The normalized spacial score (nSPS) is 12.0. The van der Waals surface area contributed by atoms with Crippen LogP contribution >= 0.6 is 43.5 Å². The fourth-order valence-corrected chi connectivity index (χ4v) is 0.974. The molecular weight excluding hydrogens is 259 g/mol. The minimum atomic E-state index is -0.908. The van der Waals surface area contributed by atoms with Gasteiger partial charge in [0.2, 0.25) is 0 Å². The van der Waals surface area contributed by atoms with Crippen LogP contribution in [0.3, 0.4) is 0 Å². The molecule has 1 N–H and O–H groups in total. The second-order valence-corrected chi connectivity index (χ2v) is 5.52. The van der Waals surface area contributed by atoms with Gasteiger partial charge in [-0.15, -0.1) is 11.6 Å². The van der Waals surface area contributed by atoms with Crippen molar-refractivity contribution in [2.24, 2.45) is 0 Å². The predicted molar refractivity (Wildman–Crippen MR) is 42.8 cm³/mol. The average molecular weight is 266 g/mol. The van der Waals surface area contributed by atoms with Crippen LogP contribution in [0.15, 0.2) is 0 Å². The van der Waals surface area contributed by atoms with Crippen molar-refractivity contribution in [1.29, 1.82) is 0 Å². The van der Waals surface area contributed by atoms with Crippen LogP contribution in [0.2, 0.25) is 0 Å². The molecule has 0 saturated heterocycles. The third-order valence-electron chi connectivity index (χ3n) is 0.611. The average Bonchev–Trinajstić information content (AvgIpc) is 1.59. The summed E-state index contributed by atoms with van der Waals surface area (Å²) in [5, 5.41) is 8.92. The summed E-state index contributed by atoms with van der Waals surface area (Å²) in [6.45, 7) is 0. The van der Waals surface area contributed by atoms with Crippen molar-refractivity contribution in [3.63, 3.8) is 0 Å². The van der Waals surface area contributed by atoms with Crippen LogP contribution < -0.4 is 0 Å². The Kier molecular flexibility index (Phi) is 4.71. The zero-order valence-electron chi connectivity index (χ0n) is 4.20. The zero-order chi connectivity index (χ0) is 6.62. The summed E-state index contributed by atoms with van der Waals surface area (Å²) in [6.07, 6.45) is 1.42. The Morgan fingerprint density at radius 1 is 1.50 bits per heavy atom. The van der Waals surface area contributed by atoms with Crippen LogP contribution in [0.1, 0.15) is 12.8 Å². The highest BCUT2D eigenvalue weighted by Gasteiger charge is 2.15. The van der Waals surface area contributed by atoms with Gasteiger partial charge >= 0.3 is 0 Å². The second kappa shape index (κ2) is 4.09. The van der Waals surface area contributed by atoms with E-state index in [1.807, 2.05) is 0 Å². The molecule has 0 amide bonds. The van der Waals surface area contributed by atoms with Crippen molar-refractivity contribution < 1.29 is 5.11 Å². The Morgan fingerprint density at radius 2 is 2.00 bits per heavy atom. The topological polar surface area (TPSA) is 20.2 Å². The largest absolute Gasteiger partial charge is 0.369 e. The summed E-state index contributed by atoms with van der Waals surface area (Å²) < 4.78 is -0.908. The van der Waals surface area contributed by atoms with Gasteiger partial charge in [-0.1, -0.05) is 0 Å². The molecule has 0 radical (unpaired) electrons. The van der Waals surface area contributed by atoms with Crippen LogP contribution in [0, 0.1) is 0 Å². The van der Waals surface area contributed by atoms with Gasteiger partial charge in [-0.2, -0.15) is 0 Å². The molecule has 0 saturated carbocycles. The third kappa shape index (κ3) is 7.21. The lowest BCUT2D eigenvalue weighted by Crippen LogP contribution is -2.08. The van der Waals surface area contributed by atoms with Crippen molar-refractivity contribution in [3.8, 4) is 0 Å². The molecule has 0 heterocycles. The van der Waals surface area contributed by atoms with E-state index in [0.717, 1.165) is 6.42 Å². The smallest absolute Gasteiger partial charge is 0.174 e. The first kappa shape index (κ1) is 9.21. The fourth-order valence-electron chi connectivity index (χ4n) is 0.280. The van der Waals surface area contributed by atoms with E-state index in [9.17, 15) is 0 Å². The van der Waals surface area contributed by atoms with E-state index in [-0.39, 0.29) is 0 Å². The number of rotatable bonds is 3. The Labute approximate surface area is 70.7 Å². The first-order valence-electron chi connectivity index (χ1n) is 2.22. The van der Waals surface area contributed by atoms with Gasteiger partial charge in [0.15, 0.2) is 3.42 Å². The summed E-state index contributed by atoms with van der Waals surface area (Å²) in [7, 11) is 0. The Morgan fingerprint density at radius 3 is 2.12 bits per heavy atom. The summed E-state index contributed by atoms with van der Waals surface area (Å²) in [5.74, 6) is 0.583. The molecule has 8 heavy (non-hydrogen) atoms. The summed E-state index contributed by atoms with van der Waals surface area (Å²) in [6, 6.07) is 0. The van der Waals surface area contributed by atoms with Crippen LogP contribution in [0.4, 0.5) is 0 Å². The molecule has 50 valence electrons. The molecule has 0 spiro atoms. The van der Waals surface area contributed by atoms with Crippen molar-refractivity contribution in [3.05, 3.63) is 0 Å². The maximum absolute atomic E-state index is 8.92. The van der Waals surface area contributed by atoms with E-state index in [1.165, 1.54) is 0 Å². The maximum Gasteiger partial charge on any atom is 0.174 e. The fraction of sp³-hybridized carbons (Fsp3) is 1.00. The Hall–Kier alpha value is 1.21. The SMILES string of the molecule is OC(Br)(Br)CCCCl. The van der Waals surface area contributed by atoms with Gasteiger partial charge in [0.25, 0.3) is 0 Å². The van der Waals surface area contributed by atoms with E-state index in [4.69, 9.17) is 16.7 Å². The van der Waals surface area contributed by atoms with E-state index in [0.29, 0.717) is 12.3 Å². The molecule has 0 rings (SSSR count). The van der Waals surface area contributed by atoms with Crippen LogP contribution in [0.5, 0.6) is 0 Å². The lowest BCUT2D eigenvalue weighted by Gasteiger charge is -2.09. The van der Waals surface area contributed by atoms with Crippen LogP contribution in [-0.4, -0.2) is 14.4 Å². The van der Waals surface area contributed by atoms with E-state index < -0.39 is 3.42 Å². The van der Waals surface area contributed by atoms with Gasteiger partial charge in [-0.25, -0.2) is 0 Å². The van der Waals surface area contributed by atoms with Crippen molar-refractivity contribution in [2.75, 3.05) is 5.88 Å². The van der Waals surface area contributed by atoms with Crippen molar-refractivity contribution in [2.45, 2.75) is 16.3 Å². The van der Waals surface area contributed by atoms with E-state index >= 15 is 0 Å². The van der Waals surface area contributed by atoms with Gasteiger partial charge in [0.05, 0.1) is 0 Å². The Bertz CT molecular complexity index is 61.5. The Balaban J connectivity index is 3.11. The molecule has 0 atom stereocenters. The number of aliphatic hydroxyl groups is 1. The highest BCUT2D eigenvalue weighted by molar-refractivity contribution is 9.25. The molecule has 0 aromatic carbocycles. The molecular formula is C4H7Br2ClO. The van der Waals surface area contributed by atoms with Gasteiger partial charge in [-0.05, 0) is 44.7 Å². The number of hydrogen-bond donors (Lipinski definition) is 1. The molecule has 0 aliphatic heterocycles. The predicted octanol–water partition coefficient (Wildman–Crippen LogP) is 2.44. The molecule has 0 fully saturated rings. The minimum absolute atomic E-state index is 0.583. The highest BCUT2D eigenvalue weighted by Crippen LogP contribution is 2.27. The van der Waals surface area contributed by atoms with Crippen LogP contribution in [-0.2, 0) is 0 Å². The quantitative estimate of drug-likeness (QED) is 0.778. The third-order valence-corrected chi connectivity index (χ3v) is 1.67. The lowest BCUT2D eigenvalue weighted by atomic mass is 10.4. The monoisotopic (exact) mass is 264 g/mol. The van der Waals surface area contributed by atoms with Gasteiger partial charge in [0.1, 0.15) is 0 Å². The van der Waals surface area contributed by atoms with Crippen LogP contribution in [0.25, 0.3) is 0 Å². The first-order valence-corrected chi connectivity index (χ1v) is 4.34. The van der Waals surface area contributed by atoms with Gasteiger partial charge < -0.3 is 5.11 Å². The zero-order valence-corrected chi connectivity index (χ0v) is 8.13. The molecule has 0 aromatic heterocycles. The molecule has 0 unspecified atom stereocenters. The number of alkyl halides is 3. The van der Waals surface area contributed by atoms with Gasteiger partial charge in [0, 0.05) is 5.88 Å². The second-order valence-electron chi connectivity index (χ2n) is 1.46. The van der Waals surface area contributed by atoms with Crippen molar-refractivity contribution in [1.82, 2.24) is 0 Å². The van der Waals surface area contributed by atoms with Crippen molar-refractivity contribution >= 4 is 43.5 Å². The summed E-state index contributed by atoms with van der Waals surface area (Å²) in [4.78, 5) is 0. The first-order chi connectivity index (χ1) is 3.56. The summed E-state index contributed by atoms with van der Waals surface area (Å²) >= 11 is 11.3. The maximum atomic E-state index is 8.92. The molecule has 1 nitrogen and oxygen atoms in total. The standard InChI is InChI=1S/C4H7Br2ClO/c5-4(6,8)2-1-3-7/h8H,1-3H2. The van der Waals surface area contributed by atoms with Gasteiger partial charge in [-0.3, -0.25) is 0 Å². The molecule has 0 aliphatic rings. The minimum Gasteiger partial charge on any atom is -0.369 e. The molecule has 0 aromatic rings. The molecule has 0 bridgehead atoms. The summed E-state index contributed by atoms with van der Waals surface area (Å²) in [5.41, 5.74) is 0. The highest BCUT2D eigenvalue weighted by atomic mass is 79.9. The van der Waals surface area contributed by atoms with E-state index in [1.54, 1.807) is 0 Å². The molecule has 4 heteroatoms. The molecule has 0 aliphatic carbocycles. The lowest BCUT2D eigenvalue weighted by molar-refractivity contribution is 0.233. The van der Waals surface area contributed by atoms with E-state index in [2.05, 4.69) is 31.9 Å². The number of halogens is 3. The number of hydrogen-bond acceptors (Lipinski definition) is 1.